The number of anilines is 1. The SMILES string of the molecule is CCCC1=C(C(=O)OC)C(c2ccc(OCC(=O)Nc3ccc(C)cc3)c(OC)c2)NC(=O)N1. The average molecular weight is 468 g/mol. The van der Waals surface area contributed by atoms with Crippen LogP contribution in [0, 0.1) is 6.92 Å². The van der Waals surface area contributed by atoms with E-state index in [9.17, 15) is 14.4 Å². The highest BCUT2D eigenvalue weighted by atomic mass is 16.5. The van der Waals surface area contributed by atoms with Gasteiger partial charge in [-0.25, -0.2) is 9.59 Å². The number of benzene rings is 2. The van der Waals surface area contributed by atoms with Crippen LogP contribution in [0.15, 0.2) is 53.7 Å². The number of hydrogen-bond acceptors (Lipinski definition) is 6. The van der Waals surface area contributed by atoms with E-state index in [1.54, 1.807) is 18.2 Å². The van der Waals surface area contributed by atoms with Crippen LogP contribution in [-0.4, -0.2) is 38.7 Å². The highest BCUT2D eigenvalue weighted by Crippen LogP contribution is 2.35. The minimum absolute atomic E-state index is 0.221. The number of rotatable bonds is 9. The summed E-state index contributed by atoms with van der Waals surface area (Å²) in [6.07, 6.45) is 1.26. The summed E-state index contributed by atoms with van der Waals surface area (Å²) in [7, 11) is 2.77. The minimum Gasteiger partial charge on any atom is -0.493 e. The lowest BCUT2D eigenvalue weighted by Crippen LogP contribution is -2.45. The van der Waals surface area contributed by atoms with Crippen molar-refractivity contribution in [1.82, 2.24) is 10.6 Å². The Bertz CT molecular complexity index is 1090. The van der Waals surface area contributed by atoms with E-state index in [1.165, 1.54) is 14.2 Å². The molecule has 0 saturated carbocycles. The van der Waals surface area contributed by atoms with Gasteiger partial charge < -0.3 is 30.2 Å². The molecule has 1 aliphatic heterocycles. The van der Waals surface area contributed by atoms with Gasteiger partial charge in [0.1, 0.15) is 0 Å². The van der Waals surface area contributed by atoms with Gasteiger partial charge in [-0.1, -0.05) is 37.1 Å². The first-order chi connectivity index (χ1) is 16.4. The fraction of sp³-hybridized carbons (Fsp3) is 0.320. The van der Waals surface area contributed by atoms with Gasteiger partial charge in [-0.3, -0.25) is 4.79 Å². The van der Waals surface area contributed by atoms with Gasteiger partial charge in [-0.15, -0.1) is 0 Å². The van der Waals surface area contributed by atoms with Crippen molar-refractivity contribution in [3.8, 4) is 11.5 Å². The number of allylic oxidation sites excluding steroid dienone is 1. The fourth-order valence-corrected chi connectivity index (χ4v) is 3.63. The summed E-state index contributed by atoms with van der Waals surface area (Å²) in [4.78, 5) is 37.1. The van der Waals surface area contributed by atoms with E-state index in [4.69, 9.17) is 14.2 Å². The standard InChI is InChI=1S/C25H29N3O6/c1-5-6-18-22(24(30)33-4)23(28-25(31)27-18)16-9-12-19(20(13-16)32-3)34-14-21(29)26-17-10-7-15(2)8-11-17/h7-13,23H,5-6,14H2,1-4H3,(H,26,29)(H2,27,28,31). The number of urea groups is 1. The maximum atomic E-state index is 12.5. The largest absolute Gasteiger partial charge is 0.493 e. The molecule has 180 valence electrons. The van der Waals surface area contributed by atoms with Gasteiger partial charge in [-0.2, -0.15) is 0 Å². The number of methoxy groups -OCH3 is 2. The summed E-state index contributed by atoms with van der Waals surface area (Å²) in [6.45, 7) is 3.70. The molecule has 3 N–H and O–H groups in total. The van der Waals surface area contributed by atoms with E-state index >= 15 is 0 Å². The third-order valence-electron chi connectivity index (χ3n) is 5.27. The van der Waals surface area contributed by atoms with E-state index in [-0.39, 0.29) is 12.5 Å². The topological polar surface area (TPSA) is 115 Å². The molecule has 9 nitrogen and oxygen atoms in total. The van der Waals surface area contributed by atoms with Crippen molar-refractivity contribution in [3.63, 3.8) is 0 Å². The smallest absolute Gasteiger partial charge is 0.337 e. The van der Waals surface area contributed by atoms with Crippen molar-refractivity contribution in [2.24, 2.45) is 0 Å². The molecule has 34 heavy (non-hydrogen) atoms. The maximum absolute atomic E-state index is 12.5. The average Bonchev–Trinajstić information content (AvgIpc) is 2.83. The van der Waals surface area contributed by atoms with Crippen LogP contribution in [-0.2, 0) is 14.3 Å². The van der Waals surface area contributed by atoms with E-state index in [2.05, 4.69) is 16.0 Å². The van der Waals surface area contributed by atoms with E-state index in [0.717, 1.165) is 12.0 Å². The molecule has 0 aromatic heterocycles. The van der Waals surface area contributed by atoms with Crippen molar-refractivity contribution in [3.05, 3.63) is 64.9 Å². The van der Waals surface area contributed by atoms with Crippen LogP contribution in [0.3, 0.4) is 0 Å². The van der Waals surface area contributed by atoms with Gasteiger partial charge in [-0.05, 0) is 43.2 Å². The zero-order chi connectivity index (χ0) is 24.7. The summed E-state index contributed by atoms with van der Waals surface area (Å²) in [6, 6.07) is 11.3. The van der Waals surface area contributed by atoms with Crippen LogP contribution >= 0.6 is 0 Å². The van der Waals surface area contributed by atoms with Gasteiger partial charge >= 0.3 is 12.0 Å². The molecule has 0 radical (unpaired) electrons. The van der Waals surface area contributed by atoms with Crippen LogP contribution in [0.4, 0.5) is 10.5 Å². The Hall–Kier alpha value is -4.01. The number of carbonyl (C=O) groups excluding carboxylic acids is 3. The number of hydrogen-bond donors (Lipinski definition) is 3. The summed E-state index contributed by atoms with van der Waals surface area (Å²) in [5.41, 5.74) is 3.23. The molecule has 1 unspecified atom stereocenters. The zero-order valence-corrected chi connectivity index (χ0v) is 19.7. The lowest BCUT2D eigenvalue weighted by atomic mass is 9.93. The van der Waals surface area contributed by atoms with Gasteiger partial charge in [0.25, 0.3) is 5.91 Å². The Labute approximate surface area is 198 Å². The molecule has 1 atom stereocenters. The molecule has 1 aliphatic rings. The summed E-state index contributed by atoms with van der Waals surface area (Å²) in [5, 5.41) is 8.25. The minimum atomic E-state index is -0.726. The molecule has 2 aromatic rings. The van der Waals surface area contributed by atoms with Crippen molar-refractivity contribution in [1.29, 1.82) is 0 Å². The Balaban J connectivity index is 1.79. The molecule has 9 heteroatoms. The number of nitrogens with one attached hydrogen (secondary N) is 3. The molecule has 3 rings (SSSR count). The maximum Gasteiger partial charge on any atom is 0.337 e. The second kappa shape index (κ2) is 11.2. The Morgan fingerprint density at radius 1 is 1.06 bits per heavy atom. The van der Waals surface area contributed by atoms with Crippen LogP contribution in [0.25, 0.3) is 0 Å². The lowest BCUT2D eigenvalue weighted by Gasteiger charge is -2.29. The second-order valence-electron chi connectivity index (χ2n) is 7.78. The van der Waals surface area contributed by atoms with Crippen LogP contribution in [0.2, 0.25) is 0 Å². The predicted octanol–water partition coefficient (Wildman–Crippen LogP) is 3.60. The van der Waals surface area contributed by atoms with Crippen molar-refractivity contribution in [2.75, 3.05) is 26.1 Å². The summed E-state index contributed by atoms with van der Waals surface area (Å²) >= 11 is 0. The second-order valence-corrected chi connectivity index (χ2v) is 7.78. The molecule has 0 fully saturated rings. The molecular weight excluding hydrogens is 438 g/mol. The zero-order valence-electron chi connectivity index (χ0n) is 19.7. The monoisotopic (exact) mass is 467 g/mol. The number of esters is 1. The number of ether oxygens (including phenoxy) is 3. The normalized spacial score (nSPS) is 15.2. The number of carbonyl (C=O) groups is 3. The predicted molar refractivity (Wildman–Crippen MR) is 127 cm³/mol. The molecule has 0 saturated heterocycles. The highest BCUT2D eigenvalue weighted by Gasteiger charge is 2.33. The summed E-state index contributed by atoms with van der Waals surface area (Å²) in [5.74, 6) is -0.147. The van der Waals surface area contributed by atoms with Gasteiger partial charge in [0.05, 0.1) is 25.8 Å². The summed E-state index contributed by atoms with van der Waals surface area (Å²) < 4.78 is 16.1. The first kappa shape index (κ1) is 24.6. The van der Waals surface area contributed by atoms with Gasteiger partial charge in [0.2, 0.25) is 0 Å². The molecule has 0 spiro atoms. The molecule has 0 bridgehead atoms. The number of amides is 3. The van der Waals surface area contributed by atoms with Crippen molar-refractivity contribution >= 4 is 23.6 Å². The molecule has 0 aliphatic carbocycles. The highest BCUT2D eigenvalue weighted by molar-refractivity contribution is 5.95. The van der Waals surface area contributed by atoms with E-state index in [0.29, 0.717) is 40.4 Å². The van der Waals surface area contributed by atoms with E-state index < -0.39 is 18.0 Å². The number of aryl methyl sites for hydroxylation is 1. The van der Waals surface area contributed by atoms with Gasteiger partial charge in [0, 0.05) is 11.4 Å². The quantitative estimate of drug-likeness (QED) is 0.486. The Morgan fingerprint density at radius 2 is 1.79 bits per heavy atom. The first-order valence-corrected chi connectivity index (χ1v) is 10.9. The van der Waals surface area contributed by atoms with E-state index in [1.807, 2.05) is 38.1 Å². The third-order valence-corrected chi connectivity index (χ3v) is 5.27. The Morgan fingerprint density at radius 3 is 2.44 bits per heavy atom. The van der Waals surface area contributed by atoms with Crippen molar-refractivity contribution < 1.29 is 28.6 Å². The Kier molecular flexibility index (Phi) is 8.13. The first-order valence-electron chi connectivity index (χ1n) is 10.9. The molecule has 1 heterocycles. The lowest BCUT2D eigenvalue weighted by molar-refractivity contribution is -0.136. The van der Waals surface area contributed by atoms with Crippen LogP contribution in [0.1, 0.15) is 36.9 Å². The van der Waals surface area contributed by atoms with Crippen LogP contribution in [0.5, 0.6) is 11.5 Å². The third kappa shape index (κ3) is 5.86. The molecular formula is C25H29N3O6. The van der Waals surface area contributed by atoms with Crippen molar-refractivity contribution in [2.45, 2.75) is 32.7 Å². The van der Waals surface area contributed by atoms with Crippen LogP contribution < -0.4 is 25.4 Å². The molecule has 3 amide bonds. The molecule has 2 aromatic carbocycles. The fourth-order valence-electron chi connectivity index (χ4n) is 3.63. The van der Waals surface area contributed by atoms with Gasteiger partial charge in [0.15, 0.2) is 18.1 Å².